The molecule has 0 saturated heterocycles. The second-order valence-corrected chi connectivity index (χ2v) is 7.96. The molecule has 0 spiro atoms. The molecule has 0 radical (unpaired) electrons. The molecule has 29 heavy (non-hydrogen) atoms. The van der Waals surface area contributed by atoms with Gasteiger partial charge in [-0.15, -0.1) is 16.8 Å². The van der Waals surface area contributed by atoms with Crippen LogP contribution < -0.4 is 10.1 Å². The summed E-state index contributed by atoms with van der Waals surface area (Å²) in [7, 11) is 0. The minimum Gasteiger partial charge on any atom is -0.483 e. The van der Waals surface area contributed by atoms with E-state index in [0.29, 0.717) is 29.8 Å². The summed E-state index contributed by atoms with van der Waals surface area (Å²) in [5, 5.41) is 12.0. The minimum absolute atomic E-state index is 0.111. The topological polar surface area (TPSA) is 82.2 Å². The van der Waals surface area contributed by atoms with Gasteiger partial charge >= 0.3 is 0 Å². The minimum atomic E-state index is -0.314. The van der Waals surface area contributed by atoms with Gasteiger partial charge in [0.25, 0.3) is 0 Å². The average Bonchev–Trinajstić information content (AvgIpc) is 3.37. The second-order valence-electron chi connectivity index (χ2n) is 6.10. The molecule has 0 fully saturated rings. The van der Waals surface area contributed by atoms with Crippen LogP contribution in [0.1, 0.15) is 24.6 Å². The number of benzene rings is 1. The first-order valence-corrected chi connectivity index (χ1v) is 10.7. The number of amides is 1. The normalized spacial score (nSPS) is 11.8. The van der Waals surface area contributed by atoms with Crippen molar-refractivity contribution in [1.82, 2.24) is 20.1 Å². The van der Waals surface area contributed by atoms with Crippen LogP contribution in [0.4, 0.5) is 0 Å². The van der Waals surface area contributed by atoms with Crippen molar-refractivity contribution in [3.63, 3.8) is 0 Å². The van der Waals surface area contributed by atoms with Crippen LogP contribution in [0.5, 0.6) is 5.75 Å². The van der Waals surface area contributed by atoms with Gasteiger partial charge in [0, 0.05) is 11.0 Å². The lowest BCUT2D eigenvalue weighted by Crippen LogP contribution is -2.24. The van der Waals surface area contributed by atoms with Crippen molar-refractivity contribution in [2.75, 3.05) is 5.75 Å². The third kappa shape index (κ3) is 5.98. The number of rotatable bonds is 10. The van der Waals surface area contributed by atoms with Crippen molar-refractivity contribution in [1.29, 1.82) is 0 Å². The Hall–Kier alpha value is -2.52. The van der Waals surface area contributed by atoms with Crippen molar-refractivity contribution in [3.05, 3.63) is 71.4 Å². The van der Waals surface area contributed by atoms with E-state index >= 15 is 0 Å². The molecule has 0 aliphatic heterocycles. The van der Waals surface area contributed by atoms with Crippen molar-refractivity contribution in [2.24, 2.45) is 0 Å². The molecule has 152 valence electrons. The number of ether oxygens (including phenoxy) is 1. The highest BCUT2D eigenvalue weighted by Gasteiger charge is 2.19. The maximum Gasteiger partial charge on any atom is 0.230 e. The smallest absolute Gasteiger partial charge is 0.230 e. The standard InChI is InChI=1S/C20H21BrN4O3S/c1-3-10-25-19(14(2)28-16-8-6-15(21)7-9-16)23-24-20(25)29-13-18(26)22-12-17-5-4-11-27-17/h3-9,11,14H,1,10,12-13H2,2H3,(H,22,26). The molecule has 2 aromatic heterocycles. The third-order valence-corrected chi connectivity index (χ3v) is 5.41. The lowest BCUT2D eigenvalue weighted by molar-refractivity contribution is -0.118. The third-order valence-electron chi connectivity index (χ3n) is 3.92. The summed E-state index contributed by atoms with van der Waals surface area (Å²) in [4.78, 5) is 12.1. The summed E-state index contributed by atoms with van der Waals surface area (Å²) < 4.78 is 14.1. The first-order chi connectivity index (χ1) is 14.1. The van der Waals surface area contributed by atoms with Crippen molar-refractivity contribution < 1.29 is 13.9 Å². The molecule has 1 unspecified atom stereocenters. The van der Waals surface area contributed by atoms with E-state index in [2.05, 4.69) is 38.0 Å². The zero-order valence-electron chi connectivity index (χ0n) is 15.9. The van der Waals surface area contributed by atoms with Gasteiger partial charge in [0.05, 0.1) is 18.6 Å². The monoisotopic (exact) mass is 476 g/mol. The molecule has 3 aromatic rings. The highest BCUT2D eigenvalue weighted by Crippen LogP contribution is 2.25. The molecular formula is C20H21BrN4O3S. The Morgan fingerprint density at radius 1 is 1.38 bits per heavy atom. The maximum atomic E-state index is 12.1. The number of hydrogen-bond acceptors (Lipinski definition) is 6. The largest absolute Gasteiger partial charge is 0.483 e. The summed E-state index contributed by atoms with van der Waals surface area (Å²) >= 11 is 4.73. The number of carbonyl (C=O) groups excluding carboxylic acids is 1. The summed E-state index contributed by atoms with van der Waals surface area (Å²) in [6.45, 7) is 6.59. The fourth-order valence-corrected chi connectivity index (χ4v) is 3.61. The molecule has 0 saturated carbocycles. The molecule has 1 atom stereocenters. The van der Waals surface area contributed by atoms with Crippen LogP contribution in [-0.4, -0.2) is 26.4 Å². The van der Waals surface area contributed by atoms with Gasteiger partial charge in [-0.3, -0.25) is 9.36 Å². The number of halogens is 1. The van der Waals surface area contributed by atoms with E-state index in [0.717, 1.165) is 10.2 Å². The van der Waals surface area contributed by atoms with Gasteiger partial charge in [0.2, 0.25) is 5.91 Å². The van der Waals surface area contributed by atoms with Crippen molar-refractivity contribution in [2.45, 2.75) is 31.3 Å². The highest BCUT2D eigenvalue weighted by atomic mass is 79.9. The van der Waals surface area contributed by atoms with Gasteiger partial charge in [0.15, 0.2) is 17.1 Å². The van der Waals surface area contributed by atoms with Gasteiger partial charge in [-0.2, -0.15) is 0 Å². The Bertz CT molecular complexity index is 941. The SMILES string of the molecule is C=CCn1c(SCC(=O)NCc2ccco2)nnc1C(C)Oc1ccc(Br)cc1. The molecule has 2 heterocycles. The van der Waals surface area contributed by atoms with Gasteiger partial charge in [-0.25, -0.2) is 0 Å². The zero-order chi connectivity index (χ0) is 20.6. The van der Waals surface area contributed by atoms with Crippen LogP contribution in [-0.2, 0) is 17.9 Å². The molecule has 0 bridgehead atoms. The van der Waals surface area contributed by atoms with Crippen LogP contribution in [0, 0.1) is 0 Å². The van der Waals surface area contributed by atoms with Crippen LogP contribution in [0.3, 0.4) is 0 Å². The van der Waals surface area contributed by atoms with E-state index in [4.69, 9.17) is 9.15 Å². The lowest BCUT2D eigenvalue weighted by atomic mass is 10.3. The summed E-state index contributed by atoms with van der Waals surface area (Å²) in [5.41, 5.74) is 0. The molecule has 7 nitrogen and oxygen atoms in total. The number of allylic oxidation sites excluding steroid dienone is 1. The fourth-order valence-electron chi connectivity index (χ4n) is 2.56. The van der Waals surface area contributed by atoms with E-state index in [1.165, 1.54) is 11.8 Å². The van der Waals surface area contributed by atoms with Crippen molar-refractivity contribution in [3.8, 4) is 5.75 Å². The molecular weight excluding hydrogens is 456 g/mol. The second kappa shape index (κ2) is 10.3. The summed E-state index contributed by atoms with van der Waals surface area (Å²) in [6.07, 6.45) is 3.03. The molecule has 1 N–H and O–H groups in total. The Morgan fingerprint density at radius 2 is 2.17 bits per heavy atom. The fraction of sp³-hybridized carbons (Fsp3) is 0.250. The number of nitrogens with one attached hydrogen (secondary N) is 1. The molecule has 1 amide bonds. The molecule has 1 aromatic carbocycles. The van der Waals surface area contributed by atoms with Gasteiger partial charge in [-0.1, -0.05) is 33.8 Å². The van der Waals surface area contributed by atoms with Crippen LogP contribution in [0.15, 0.2) is 69.4 Å². The predicted octanol–water partition coefficient (Wildman–Crippen LogP) is 4.37. The predicted molar refractivity (Wildman–Crippen MR) is 115 cm³/mol. The Balaban J connectivity index is 1.61. The quantitative estimate of drug-likeness (QED) is 0.345. The highest BCUT2D eigenvalue weighted by molar-refractivity contribution is 9.10. The van der Waals surface area contributed by atoms with Gasteiger partial charge < -0.3 is 14.5 Å². The van der Waals surface area contributed by atoms with Crippen LogP contribution >= 0.6 is 27.7 Å². The van der Waals surface area contributed by atoms with E-state index < -0.39 is 0 Å². The lowest BCUT2D eigenvalue weighted by Gasteiger charge is -2.15. The van der Waals surface area contributed by atoms with E-state index in [1.807, 2.05) is 41.8 Å². The van der Waals surface area contributed by atoms with E-state index in [9.17, 15) is 4.79 Å². The number of hydrogen-bond donors (Lipinski definition) is 1. The van der Waals surface area contributed by atoms with E-state index in [1.54, 1.807) is 18.4 Å². The Labute approximate surface area is 181 Å². The van der Waals surface area contributed by atoms with Crippen LogP contribution in [0.2, 0.25) is 0 Å². The molecule has 0 aliphatic carbocycles. The summed E-state index contributed by atoms with van der Waals surface area (Å²) in [6, 6.07) is 11.2. The number of thioether (sulfide) groups is 1. The first kappa shape index (κ1) is 21.2. The molecule has 9 heteroatoms. The Morgan fingerprint density at radius 3 is 2.86 bits per heavy atom. The summed E-state index contributed by atoms with van der Waals surface area (Å²) in [5.74, 6) is 2.23. The number of aromatic nitrogens is 3. The molecule has 3 rings (SSSR count). The number of carbonyl (C=O) groups is 1. The van der Waals surface area contributed by atoms with Crippen molar-refractivity contribution >= 4 is 33.6 Å². The first-order valence-electron chi connectivity index (χ1n) is 8.95. The zero-order valence-corrected chi connectivity index (χ0v) is 18.3. The van der Waals surface area contributed by atoms with Gasteiger partial charge in [-0.05, 0) is 43.3 Å². The maximum absolute atomic E-state index is 12.1. The average molecular weight is 477 g/mol. The van der Waals surface area contributed by atoms with Crippen LogP contribution in [0.25, 0.3) is 0 Å². The number of nitrogens with zero attached hydrogens (tertiary/aromatic N) is 3. The van der Waals surface area contributed by atoms with E-state index in [-0.39, 0.29) is 17.8 Å². The molecule has 0 aliphatic rings. The Kier molecular flexibility index (Phi) is 7.54. The van der Waals surface area contributed by atoms with Gasteiger partial charge in [0.1, 0.15) is 11.5 Å². The number of furan rings is 1.